The summed E-state index contributed by atoms with van der Waals surface area (Å²) in [6.45, 7) is 4.48. The Morgan fingerprint density at radius 1 is 1.25 bits per heavy atom. The van der Waals surface area contributed by atoms with Crippen LogP contribution in [0.5, 0.6) is 0 Å². The summed E-state index contributed by atoms with van der Waals surface area (Å²) in [6.07, 6.45) is 1.71. The number of amides is 1. The summed E-state index contributed by atoms with van der Waals surface area (Å²) in [5.41, 5.74) is 0.717. The number of hydrogen-bond acceptors (Lipinski definition) is 5. The van der Waals surface area contributed by atoms with E-state index in [0.29, 0.717) is 17.7 Å². The van der Waals surface area contributed by atoms with Gasteiger partial charge in [0, 0.05) is 38.0 Å². The predicted octanol–water partition coefficient (Wildman–Crippen LogP) is 1.57. The lowest BCUT2D eigenvalue weighted by Crippen LogP contribution is -2.50. The molecule has 0 saturated carbocycles. The molecule has 0 aromatic heterocycles. The molecule has 1 fully saturated rings. The molecule has 1 aromatic rings. The Labute approximate surface area is 165 Å². The van der Waals surface area contributed by atoms with Crippen LogP contribution in [0.4, 0.5) is 0 Å². The molecule has 8 heteroatoms. The third kappa shape index (κ3) is 3.98. The van der Waals surface area contributed by atoms with Crippen molar-refractivity contribution in [3.63, 3.8) is 0 Å². The van der Waals surface area contributed by atoms with Crippen LogP contribution in [0.15, 0.2) is 41.5 Å². The van der Waals surface area contributed by atoms with Gasteiger partial charge in [-0.05, 0) is 18.4 Å². The zero-order valence-corrected chi connectivity index (χ0v) is 17.2. The number of esters is 1. The number of carbonyl (C=O) groups excluding carboxylic acids is 2. The van der Waals surface area contributed by atoms with Gasteiger partial charge in [-0.3, -0.25) is 4.79 Å². The van der Waals surface area contributed by atoms with Gasteiger partial charge in [0.1, 0.15) is 5.60 Å². The van der Waals surface area contributed by atoms with Crippen molar-refractivity contribution < 1.29 is 22.7 Å². The first-order chi connectivity index (χ1) is 13.1. The van der Waals surface area contributed by atoms with Gasteiger partial charge in [0.25, 0.3) is 5.91 Å². The molecule has 0 bridgehead atoms. The molecular weight excluding hydrogens is 380 g/mol. The largest absolute Gasteiger partial charge is 0.450 e. The van der Waals surface area contributed by atoms with Gasteiger partial charge in [0.2, 0.25) is 10.0 Å². The number of benzene rings is 1. The summed E-state index contributed by atoms with van der Waals surface area (Å²) in [5, 5.41) is 2.93. The zero-order chi connectivity index (χ0) is 20.5. The maximum atomic E-state index is 13.0. The lowest BCUT2D eigenvalue weighted by Gasteiger charge is -2.38. The van der Waals surface area contributed by atoms with E-state index >= 15 is 0 Å². The van der Waals surface area contributed by atoms with Gasteiger partial charge >= 0.3 is 5.97 Å². The molecule has 2 heterocycles. The fourth-order valence-electron chi connectivity index (χ4n) is 3.89. The maximum absolute atomic E-state index is 13.0. The van der Waals surface area contributed by atoms with Crippen molar-refractivity contribution in [1.82, 2.24) is 9.62 Å². The summed E-state index contributed by atoms with van der Waals surface area (Å²) in [4.78, 5) is 25.2. The van der Waals surface area contributed by atoms with E-state index in [-0.39, 0.29) is 37.8 Å². The number of piperidine rings is 1. The van der Waals surface area contributed by atoms with Crippen molar-refractivity contribution in [3.8, 4) is 0 Å². The lowest BCUT2D eigenvalue weighted by molar-refractivity contribution is -0.150. The molecule has 1 amide bonds. The standard InChI is InChI=1S/C20H26N2O5S/c1-14(16-7-5-4-6-8-16)13-21-18(23)17-15(2)19(24)27-20(17)9-11-22(12-10-20)28(3,25)26/h4-8,14H,9-13H2,1-3H3,(H,21,23)/t14-/m0/s1. The summed E-state index contributed by atoms with van der Waals surface area (Å²) in [6, 6.07) is 9.86. The van der Waals surface area contributed by atoms with Crippen molar-refractivity contribution in [2.24, 2.45) is 0 Å². The molecule has 2 aliphatic heterocycles. The molecular formula is C20H26N2O5S. The van der Waals surface area contributed by atoms with Crippen LogP contribution in [-0.4, -0.2) is 56.1 Å². The highest BCUT2D eigenvalue weighted by atomic mass is 32.2. The highest BCUT2D eigenvalue weighted by Gasteiger charge is 2.51. The SMILES string of the molecule is CC1=C(C(=O)NC[C@H](C)c2ccccc2)C2(CCN(S(C)(=O)=O)CC2)OC1=O. The Hall–Kier alpha value is -2.19. The minimum Gasteiger partial charge on any atom is -0.450 e. The molecule has 3 rings (SSSR count). The first-order valence-electron chi connectivity index (χ1n) is 9.37. The third-order valence-corrected chi connectivity index (χ3v) is 6.89. The summed E-state index contributed by atoms with van der Waals surface area (Å²) >= 11 is 0. The summed E-state index contributed by atoms with van der Waals surface area (Å²) in [7, 11) is -3.31. The van der Waals surface area contributed by atoms with Gasteiger partial charge in [-0.15, -0.1) is 0 Å². The Morgan fingerprint density at radius 3 is 2.43 bits per heavy atom. The summed E-state index contributed by atoms with van der Waals surface area (Å²) in [5.74, 6) is -0.708. The van der Waals surface area contributed by atoms with E-state index in [1.165, 1.54) is 4.31 Å². The first-order valence-corrected chi connectivity index (χ1v) is 11.2. The van der Waals surface area contributed by atoms with Crippen LogP contribution >= 0.6 is 0 Å². The Kier molecular flexibility index (Phi) is 5.63. The van der Waals surface area contributed by atoms with Gasteiger partial charge in [-0.25, -0.2) is 17.5 Å². The molecule has 1 spiro atoms. The van der Waals surface area contributed by atoms with Crippen LogP contribution in [0.25, 0.3) is 0 Å². The molecule has 1 N–H and O–H groups in total. The maximum Gasteiger partial charge on any atom is 0.335 e. The highest BCUT2D eigenvalue weighted by Crippen LogP contribution is 2.41. The monoisotopic (exact) mass is 406 g/mol. The van der Waals surface area contributed by atoms with Crippen LogP contribution < -0.4 is 5.32 Å². The van der Waals surface area contributed by atoms with E-state index < -0.39 is 21.6 Å². The number of ether oxygens (including phenoxy) is 1. The fraction of sp³-hybridized carbons (Fsp3) is 0.500. The van der Waals surface area contributed by atoms with Crippen LogP contribution in [0.2, 0.25) is 0 Å². The number of nitrogens with one attached hydrogen (secondary N) is 1. The van der Waals surface area contributed by atoms with E-state index in [1.54, 1.807) is 6.92 Å². The second kappa shape index (κ2) is 7.67. The number of hydrogen-bond donors (Lipinski definition) is 1. The van der Waals surface area contributed by atoms with Crippen LogP contribution in [0.3, 0.4) is 0 Å². The number of carbonyl (C=O) groups is 2. The fourth-order valence-corrected chi connectivity index (χ4v) is 4.74. The van der Waals surface area contributed by atoms with E-state index in [0.717, 1.165) is 11.8 Å². The highest BCUT2D eigenvalue weighted by molar-refractivity contribution is 7.88. The Bertz CT molecular complexity index is 900. The molecule has 7 nitrogen and oxygen atoms in total. The molecule has 0 unspecified atom stereocenters. The second-order valence-corrected chi connectivity index (χ2v) is 9.55. The zero-order valence-electron chi connectivity index (χ0n) is 16.4. The van der Waals surface area contributed by atoms with Crippen molar-refractivity contribution >= 4 is 21.9 Å². The van der Waals surface area contributed by atoms with Gasteiger partial charge in [-0.1, -0.05) is 37.3 Å². The number of sulfonamides is 1. The smallest absolute Gasteiger partial charge is 0.335 e. The van der Waals surface area contributed by atoms with Crippen LogP contribution in [0, 0.1) is 0 Å². The molecule has 1 saturated heterocycles. The van der Waals surface area contributed by atoms with Gasteiger partial charge < -0.3 is 10.1 Å². The van der Waals surface area contributed by atoms with Crippen molar-refractivity contribution in [2.75, 3.05) is 25.9 Å². The Balaban J connectivity index is 1.73. The average molecular weight is 407 g/mol. The van der Waals surface area contributed by atoms with E-state index in [9.17, 15) is 18.0 Å². The number of rotatable bonds is 5. The predicted molar refractivity (Wildman–Crippen MR) is 105 cm³/mol. The third-order valence-electron chi connectivity index (χ3n) is 5.59. The van der Waals surface area contributed by atoms with Gasteiger partial charge in [0.15, 0.2) is 0 Å². The van der Waals surface area contributed by atoms with E-state index in [4.69, 9.17) is 4.74 Å². The Morgan fingerprint density at radius 2 is 1.86 bits per heavy atom. The van der Waals surface area contributed by atoms with Gasteiger partial charge in [0.05, 0.1) is 11.8 Å². The minimum absolute atomic E-state index is 0.118. The normalized spacial score (nSPS) is 20.9. The van der Waals surface area contributed by atoms with E-state index in [1.807, 2.05) is 37.3 Å². The average Bonchev–Trinajstić information content (AvgIpc) is 2.89. The van der Waals surface area contributed by atoms with E-state index in [2.05, 4.69) is 5.32 Å². The van der Waals surface area contributed by atoms with Gasteiger partial charge in [-0.2, -0.15) is 0 Å². The van der Waals surface area contributed by atoms with Crippen molar-refractivity contribution in [2.45, 2.75) is 38.2 Å². The van der Waals surface area contributed by atoms with Crippen LogP contribution in [-0.2, 0) is 24.3 Å². The molecule has 28 heavy (non-hydrogen) atoms. The topological polar surface area (TPSA) is 92.8 Å². The van der Waals surface area contributed by atoms with Crippen LogP contribution in [0.1, 0.15) is 38.2 Å². The molecule has 0 aliphatic carbocycles. The molecule has 0 radical (unpaired) electrons. The quantitative estimate of drug-likeness (QED) is 0.750. The number of nitrogens with zero attached hydrogens (tertiary/aromatic N) is 1. The molecule has 152 valence electrons. The lowest BCUT2D eigenvalue weighted by atomic mass is 9.83. The minimum atomic E-state index is -3.31. The first kappa shape index (κ1) is 20.5. The molecule has 1 atom stereocenters. The molecule has 2 aliphatic rings. The van der Waals surface area contributed by atoms with Crippen molar-refractivity contribution in [1.29, 1.82) is 0 Å². The van der Waals surface area contributed by atoms with Crippen molar-refractivity contribution in [3.05, 3.63) is 47.0 Å². The summed E-state index contributed by atoms with van der Waals surface area (Å²) < 4.78 is 30.5. The molecule has 1 aromatic carbocycles. The second-order valence-electron chi connectivity index (χ2n) is 7.57.